The van der Waals surface area contributed by atoms with E-state index in [1.54, 1.807) is 19.0 Å². The number of fused-ring (bicyclic) bond motifs is 1. The molecule has 24 heavy (non-hydrogen) atoms. The number of rotatable bonds is 4. The van der Waals surface area contributed by atoms with Crippen molar-refractivity contribution in [3.63, 3.8) is 0 Å². The monoisotopic (exact) mass is 334 g/mol. The molecule has 132 valence electrons. The van der Waals surface area contributed by atoms with Gasteiger partial charge in [-0.3, -0.25) is 14.7 Å². The van der Waals surface area contributed by atoms with Crippen LogP contribution in [0.2, 0.25) is 0 Å². The molecule has 2 aliphatic rings. The number of aromatic amines is 1. The van der Waals surface area contributed by atoms with E-state index in [0.29, 0.717) is 18.7 Å². The van der Waals surface area contributed by atoms with E-state index in [0.717, 1.165) is 43.4 Å². The van der Waals surface area contributed by atoms with Gasteiger partial charge in [-0.2, -0.15) is 5.10 Å². The molecular weight excluding hydrogens is 308 g/mol. The predicted octanol–water partition coefficient (Wildman–Crippen LogP) is 1.04. The lowest BCUT2D eigenvalue weighted by Crippen LogP contribution is -2.36. The number of hydrogen-bond acceptors (Lipinski definition) is 4. The minimum absolute atomic E-state index is 0.0125. The van der Waals surface area contributed by atoms with Gasteiger partial charge in [0.1, 0.15) is 6.10 Å². The third-order valence-corrected chi connectivity index (χ3v) is 4.84. The van der Waals surface area contributed by atoms with Crippen molar-refractivity contribution < 1.29 is 14.3 Å². The average Bonchev–Trinajstić information content (AvgIpc) is 3.13. The minimum Gasteiger partial charge on any atom is -0.363 e. The summed E-state index contributed by atoms with van der Waals surface area (Å²) in [5.41, 5.74) is 2.69. The Labute approximate surface area is 142 Å². The van der Waals surface area contributed by atoms with Crippen LogP contribution in [-0.4, -0.2) is 59.8 Å². The number of likely N-dealkylation sites (N-methyl/N-ethyl adjacent to an activating group) is 1. The summed E-state index contributed by atoms with van der Waals surface area (Å²) in [4.78, 5) is 25.9. The topological polar surface area (TPSA) is 87.3 Å². The zero-order valence-electron chi connectivity index (χ0n) is 14.4. The summed E-state index contributed by atoms with van der Waals surface area (Å²) < 4.78 is 5.75. The van der Waals surface area contributed by atoms with Gasteiger partial charge in [0.15, 0.2) is 5.69 Å². The predicted molar refractivity (Wildman–Crippen MR) is 88.8 cm³/mol. The second-order valence-electron chi connectivity index (χ2n) is 6.86. The Hall–Kier alpha value is -1.89. The van der Waals surface area contributed by atoms with Crippen LogP contribution in [0.1, 0.15) is 53.8 Å². The maximum Gasteiger partial charge on any atom is 0.272 e. The SMILES string of the molecule is CN(C)C(=O)[C@@H]1CC[C@H](CNC(=O)c2n[nH]c3c2CCCCC3)O1. The Morgan fingerprint density at radius 3 is 2.83 bits per heavy atom. The number of ether oxygens (including phenoxy) is 1. The van der Waals surface area contributed by atoms with E-state index in [1.807, 2.05) is 0 Å². The van der Waals surface area contributed by atoms with Crippen LogP contribution in [0.15, 0.2) is 0 Å². The van der Waals surface area contributed by atoms with Crippen molar-refractivity contribution in [3.05, 3.63) is 17.0 Å². The summed E-state index contributed by atoms with van der Waals surface area (Å²) in [7, 11) is 3.45. The van der Waals surface area contributed by atoms with Gasteiger partial charge in [-0.25, -0.2) is 0 Å². The molecule has 2 atom stereocenters. The second kappa shape index (κ2) is 7.34. The van der Waals surface area contributed by atoms with E-state index in [9.17, 15) is 9.59 Å². The number of carbonyl (C=O) groups excluding carboxylic acids is 2. The summed E-state index contributed by atoms with van der Waals surface area (Å²) >= 11 is 0. The van der Waals surface area contributed by atoms with Crippen molar-refractivity contribution in [2.24, 2.45) is 0 Å². The Kier molecular flexibility index (Phi) is 5.18. The van der Waals surface area contributed by atoms with Crippen LogP contribution < -0.4 is 5.32 Å². The lowest BCUT2D eigenvalue weighted by atomic mass is 10.1. The van der Waals surface area contributed by atoms with Gasteiger partial charge < -0.3 is 15.0 Å². The molecule has 3 rings (SSSR count). The average molecular weight is 334 g/mol. The number of amides is 2. The second-order valence-corrected chi connectivity index (χ2v) is 6.86. The van der Waals surface area contributed by atoms with Gasteiger partial charge in [-0.05, 0) is 38.5 Å². The van der Waals surface area contributed by atoms with E-state index in [4.69, 9.17) is 4.74 Å². The highest BCUT2D eigenvalue weighted by atomic mass is 16.5. The van der Waals surface area contributed by atoms with Gasteiger partial charge in [-0.1, -0.05) is 6.42 Å². The summed E-state index contributed by atoms with van der Waals surface area (Å²) in [5, 5.41) is 10.1. The number of nitrogens with zero attached hydrogens (tertiary/aromatic N) is 2. The molecule has 2 amide bonds. The van der Waals surface area contributed by atoms with Crippen LogP contribution in [0.25, 0.3) is 0 Å². The van der Waals surface area contributed by atoms with Crippen LogP contribution >= 0.6 is 0 Å². The Morgan fingerprint density at radius 1 is 1.25 bits per heavy atom. The fraction of sp³-hybridized carbons (Fsp3) is 0.706. The molecule has 0 radical (unpaired) electrons. The van der Waals surface area contributed by atoms with Gasteiger partial charge >= 0.3 is 0 Å². The lowest BCUT2D eigenvalue weighted by molar-refractivity contribution is -0.140. The highest BCUT2D eigenvalue weighted by Gasteiger charge is 2.32. The normalized spacial score (nSPS) is 23.4. The fourth-order valence-corrected chi connectivity index (χ4v) is 3.46. The molecule has 0 unspecified atom stereocenters. The smallest absolute Gasteiger partial charge is 0.272 e. The molecule has 2 heterocycles. The number of hydrogen-bond donors (Lipinski definition) is 2. The van der Waals surface area contributed by atoms with Crippen molar-refractivity contribution in [2.75, 3.05) is 20.6 Å². The van der Waals surface area contributed by atoms with Crippen LogP contribution in [0, 0.1) is 0 Å². The highest BCUT2D eigenvalue weighted by molar-refractivity contribution is 5.94. The van der Waals surface area contributed by atoms with Crippen molar-refractivity contribution in [1.29, 1.82) is 0 Å². The summed E-state index contributed by atoms with van der Waals surface area (Å²) in [6.07, 6.45) is 6.31. The van der Waals surface area contributed by atoms with Gasteiger partial charge in [0.05, 0.1) is 6.10 Å². The van der Waals surface area contributed by atoms with Gasteiger partial charge in [0.2, 0.25) is 0 Å². The Morgan fingerprint density at radius 2 is 2.04 bits per heavy atom. The van der Waals surface area contributed by atoms with Gasteiger partial charge in [-0.15, -0.1) is 0 Å². The molecule has 1 aromatic rings. The van der Waals surface area contributed by atoms with Crippen molar-refractivity contribution in [1.82, 2.24) is 20.4 Å². The molecule has 1 aromatic heterocycles. The number of nitrogens with one attached hydrogen (secondary N) is 2. The highest BCUT2D eigenvalue weighted by Crippen LogP contribution is 2.23. The van der Waals surface area contributed by atoms with Crippen molar-refractivity contribution in [3.8, 4) is 0 Å². The van der Waals surface area contributed by atoms with E-state index in [2.05, 4.69) is 15.5 Å². The first-order valence-corrected chi connectivity index (χ1v) is 8.77. The van der Waals surface area contributed by atoms with Gasteiger partial charge in [0, 0.05) is 31.9 Å². The van der Waals surface area contributed by atoms with Crippen molar-refractivity contribution >= 4 is 11.8 Å². The molecule has 0 saturated carbocycles. The number of carbonyl (C=O) groups is 2. The molecule has 7 nitrogen and oxygen atoms in total. The molecular formula is C17H26N4O3. The summed E-state index contributed by atoms with van der Waals surface area (Å²) in [6.45, 7) is 0.414. The van der Waals surface area contributed by atoms with E-state index < -0.39 is 0 Å². The Bertz CT molecular complexity index is 611. The van der Waals surface area contributed by atoms with E-state index in [1.165, 1.54) is 6.42 Å². The fourth-order valence-electron chi connectivity index (χ4n) is 3.46. The summed E-state index contributed by atoms with van der Waals surface area (Å²) in [6, 6.07) is 0. The van der Waals surface area contributed by atoms with Gasteiger partial charge in [0.25, 0.3) is 11.8 Å². The Balaban J connectivity index is 1.53. The molecule has 1 saturated heterocycles. The van der Waals surface area contributed by atoms with Crippen LogP contribution in [0.4, 0.5) is 0 Å². The number of H-pyrrole nitrogens is 1. The van der Waals surface area contributed by atoms with Crippen molar-refractivity contribution in [2.45, 2.75) is 57.2 Å². The zero-order valence-corrected chi connectivity index (χ0v) is 14.4. The maximum atomic E-state index is 12.4. The zero-order chi connectivity index (χ0) is 17.1. The first kappa shape index (κ1) is 17.0. The lowest BCUT2D eigenvalue weighted by Gasteiger charge is -2.17. The number of aryl methyl sites for hydroxylation is 1. The molecule has 0 bridgehead atoms. The van der Waals surface area contributed by atoms with Crippen LogP contribution in [0.3, 0.4) is 0 Å². The number of aromatic nitrogens is 2. The minimum atomic E-state index is -0.386. The molecule has 7 heteroatoms. The summed E-state index contributed by atoms with van der Waals surface area (Å²) in [5.74, 6) is -0.165. The van der Waals surface area contributed by atoms with Crippen LogP contribution in [-0.2, 0) is 22.4 Å². The first-order valence-electron chi connectivity index (χ1n) is 8.77. The molecule has 0 spiro atoms. The molecule has 2 N–H and O–H groups in total. The maximum absolute atomic E-state index is 12.4. The third kappa shape index (κ3) is 3.61. The molecule has 1 fully saturated rings. The molecule has 1 aliphatic heterocycles. The standard InChI is InChI=1S/C17H26N4O3/c1-21(2)17(23)14-9-8-11(24-14)10-18-16(22)15-12-6-4-3-5-7-13(12)19-20-15/h11,14H,3-10H2,1-2H3,(H,18,22)(H,19,20)/t11-,14+/m1/s1. The molecule has 0 aromatic carbocycles. The van der Waals surface area contributed by atoms with E-state index >= 15 is 0 Å². The first-order chi connectivity index (χ1) is 11.6. The largest absolute Gasteiger partial charge is 0.363 e. The van der Waals surface area contributed by atoms with E-state index in [-0.39, 0.29) is 24.0 Å². The molecule has 1 aliphatic carbocycles. The third-order valence-electron chi connectivity index (χ3n) is 4.84. The quantitative estimate of drug-likeness (QED) is 0.806. The van der Waals surface area contributed by atoms with Crippen LogP contribution in [0.5, 0.6) is 0 Å².